The first-order valence-electron chi connectivity index (χ1n) is 7.02. The Morgan fingerprint density at radius 2 is 1.21 bits per heavy atom. The van der Waals surface area contributed by atoms with E-state index in [1.165, 1.54) is 44.5 Å². The molecule has 0 spiro atoms. The minimum atomic E-state index is 1.04. The van der Waals surface area contributed by atoms with Crippen LogP contribution in [0.15, 0.2) is 24.3 Å². The molecule has 0 N–H and O–H groups in total. The molecule has 2 aromatic rings. The van der Waals surface area contributed by atoms with Gasteiger partial charge < -0.3 is 0 Å². The zero-order valence-corrected chi connectivity index (χ0v) is 13.0. The van der Waals surface area contributed by atoms with Crippen molar-refractivity contribution in [2.45, 2.75) is 48.0 Å². The number of aryl methyl sites for hydroxylation is 3. The van der Waals surface area contributed by atoms with Crippen LogP contribution in [0.1, 0.15) is 44.5 Å². The van der Waals surface area contributed by atoms with Crippen molar-refractivity contribution in [3.63, 3.8) is 0 Å². The largest absolute Gasteiger partial charge is 0.0588 e. The first kappa shape index (κ1) is 13.9. The highest BCUT2D eigenvalue weighted by molar-refractivity contribution is 5.43. The van der Waals surface area contributed by atoms with Crippen molar-refractivity contribution in [2.75, 3.05) is 0 Å². The minimum Gasteiger partial charge on any atom is -0.0588 e. The van der Waals surface area contributed by atoms with Gasteiger partial charge in [-0.3, -0.25) is 0 Å². The van der Waals surface area contributed by atoms with E-state index in [9.17, 15) is 0 Å². The average molecular weight is 252 g/mol. The predicted molar refractivity (Wildman–Crippen MR) is 84.1 cm³/mol. The second-order valence-electron chi connectivity index (χ2n) is 5.82. The third kappa shape index (κ3) is 2.73. The highest BCUT2D eigenvalue weighted by Gasteiger charge is 2.06. The van der Waals surface area contributed by atoms with Gasteiger partial charge in [-0.25, -0.2) is 0 Å². The van der Waals surface area contributed by atoms with Gasteiger partial charge in [0.2, 0.25) is 0 Å². The Morgan fingerprint density at radius 3 is 1.79 bits per heavy atom. The van der Waals surface area contributed by atoms with Crippen LogP contribution in [0.3, 0.4) is 0 Å². The Morgan fingerprint density at radius 1 is 0.632 bits per heavy atom. The summed E-state index contributed by atoms with van der Waals surface area (Å²) in [6.45, 7) is 13.3. The quantitative estimate of drug-likeness (QED) is 0.695. The highest BCUT2D eigenvalue weighted by atomic mass is 14.1. The standard InChI is InChI=1S/C19H24/c1-12-7-8-19(17(6)16(12)5)11-18-9-13(2)15(4)14(3)10-18/h7-10H,11H2,1-6H3. The molecular weight excluding hydrogens is 228 g/mol. The highest BCUT2D eigenvalue weighted by Crippen LogP contribution is 2.22. The van der Waals surface area contributed by atoms with Gasteiger partial charge in [-0.2, -0.15) is 0 Å². The Bertz CT molecular complexity index is 595. The molecular formula is C19H24. The van der Waals surface area contributed by atoms with Crippen LogP contribution in [0, 0.1) is 41.5 Å². The van der Waals surface area contributed by atoms with Crippen LogP contribution in [0.4, 0.5) is 0 Å². The predicted octanol–water partition coefficient (Wildman–Crippen LogP) is 5.13. The molecule has 0 atom stereocenters. The van der Waals surface area contributed by atoms with E-state index < -0.39 is 0 Å². The summed E-state index contributed by atoms with van der Waals surface area (Å²) < 4.78 is 0. The number of benzene rings is 2. The molecule has 0 fully saturated rings. The SMILES string of the molecule is Cc1cc(Cc2ccc(C)c(C)c2C)cc(C)c1C. The summed E-state index contributed by atoms with van der Waals surface area (Å²) in [5, 5.41) is 0. The van der Waals surface area contributed by atoms with Crippen molar-refractivity contribution in [3.05, 3.63) is 68.8 Å². The van der Waals surface area contributed by atoms with Gasteiger partial charge in [0, 0.05) is 0 Å². The van der Waals surface area contributed by atoms with Crippen molar-refractivity contribution >= 4 is 0 Å². The Labute approximate surface area is 117 Å². The molecule has 0 aliphatic rings. The van der Waals surface area contributed by atoms with Gasteiger partial charge in [0.25, 0.3) is 0 Å². The first-order chi connectivity index (χ1) is 8.90. The van der Waals surface area contributed by atoms with Gasteiger partial charge in [-0.05, 0) is 92.5 Å². The monoisotopic (exact) mass is 252 g/mol. The first-order valence-corrected chi connectivity index (χ1v) is 7.02. The maximum atomic E-state index is 2.33. The molecule has 0 aromatic heterocycles. The fraction of sp³-hybridized carbons (Fsp3) is 0.368. The van der Waals surface area contributed by atoms with Crippen LogP contribution < -0.4 is 0 Å². The van der Waals surface area contributed by atoms with Gasteiger partial charge in [-0.15, -0.1) is 0 Å². The van der Waals surface area contributed by atoms with Crippen LogP contribution in [-0.4, -0.2) is 0 Å². The topological polar surface area (TPSA) is 0 Å². The van der Waals surface area contributed by atoms with Gasteiger partial charge in [-0.1, -0.05) is 24.3 Å². The zero-order valence-electron chi connectivity index (χ0n) is 13.0. The smallest absolute Gasteiger partial charge is 0.00228 e. The van der Waals surface area contributed by atoms with E-state index in [2.05, 4.69) is 65.8 Å². The molecule has 0 heteroatoms. The van der Waals surface area contributed by atoms with Crippen molar-refractivity contribution in [3.8, 4) is 0 Å². The molecule has 0 aliphatic carbocycles. The third-order valence-electron chi connectivity index (χ3n) is 4.55. The Kier molecular flexibility index (Phi) is 3.80. The summed E-state index contributed by atoms with van der Waals surface area (Å²) in [4.78, 5) is 0. The Hall–Kier alpha value is -1.56. The maximum absolute atomic E-state index is 2.33. The second kappa shape index (κ2) is 5.21. The lowest BCUT2D eigenvalue weighted by Crippen LogP contribution is -1.98. The molecule has 0 amide bonds. The molecule has 0 radical (unpaired) electrons. The lowest BCUT2D eigenvalue weighted by Gasteiger charge is -2.13. The molecule has 0 saturated carbocycles. The fourth-order valence-corrected chi connectivity index (χ4v) is 2.65. The summed E-state index contributed by atoms with van der Waals surface area (Å²) in [5.74, 6) is 0. The van der Waals surface area contributed by atoms with E-state index in [-0.39, 0.29) is 0 Å². The average Bonchev–Trinajstić information content (AvgIpc) is 2.36. The number of rotatable bonds is 2. The normalized spacial score (nSPS) is 10.8. The van der Waals surface area contributed by atoms with Crippen LogP contribution in [0.25, 0.3) is 0 Å². The molecule has 0 aliphatic heterocycles. The van der Waals surface area contributed by atoms with Crippen molar-refractivity contribution < 1.29 is 0 Å². The minimum absolute atomic E-state index is 1.04. The van der Waals surface area contributed by atoms with Crippen molar-refractivity contribution in [1.29, 1.82) is 0 Å². The summed E-state index contributed by atoms with van der Waals surface area (Å²) in [5.41, 5.74) is 11.3. The fourth-order valence-electron chi connectivity index (χ4n) is 2.65. The molecule has 0 bridgehead atoms. The van der Waals surface area contributed by atoms with E-state index in [1.54, 1.807) is 0 Å². The molecule has 2 rings (SSSR count). The lowest BCUT2D eigenvalue weighted by atomic mass is 9.92. The molecule has 2 aromatic carbocycles. The van der Waals surface area contributed by atoms with Crippen LogP contribution >= 0.6 is 0 Å². The molecule has 0 nitrogen and oxygen atoms in total. The second-order valence-corrected chi connectivity index (χ2v) is 5.82. The maximum Gasteiger partial charge on any atom is -0.00228 e. The van der Waals surface area contributed by atoms with Gasteiger partial charge in [0.05, 0.1) is 0 Å². The Balaban J connectivity index is 2.39. The van der Waals surface area contributed by atoms with E-state index in [0.717, 1.165) is 6.42 Å². The summed E-state index contributed by atoms with van der Waals surface area (Å²) in [6.07, 6.45) is 1.04. The summed E-state index contributed by atoms with van der Waals surface area (Å²) in [6, 6.07) is 9.18. The van der Waals surface area contributed by atoms with E-state index in [0.29, 0.717) is 0 Å². The van der Waals surface area contributed by atoms with E-state index in [1.807, 2.05) is 0 Å². The van der Waals surface area contributed by atoms with Crippen molar-refractivity contribution in [2.24, 2.45) is 0 Å². The number of hydrogen-bond donors (Lipinski definition) is 0. The van der Waals surface area contributed by atoms with E-state index >= 15 is 0 Å². The lowest BCUT2D eigenvalue weighted by molar-refractivity contribution is 1.10. The molecule has 0 heterocycles. The van der Waals surface area contributed by atoms with E-state index in [4.69, 9.17) is 0 Å². The van der Waals surface area contributed by atoms with Crippen molar-refractivity contribution in [1.82, 2.24) is 0 Å². The molecule has 100 valence electrons. The van der Waals surface area contributed by atoms with Crippen LogP contribution in [0.5, 0.6) is 0 Å². The van der Waals surface area contributed by atoms with Gasteiger partial charge >= 0.3 is 0 Å². The molecule has 0 unspecified atom stereocenters. The molecule has 19 heavy (non-hydrogen) atoms. The molecule has 0 saturated heterocycles. The third-order valence-corrected chi connectivity index (χ3v) is 4.55. The number of hydrogen-bond acceptors (Lipinski definition) is 0. The summed E-state index contributed by atoms with van der Waals surface area (Å²) >= 11 is 0. The summed E-state index contributed by atoms with van der Waals surface area (Å²) in [7, 11) is 0. The van der Waals surface area contributed by atoms with Crippen LogP contribution in [0.2, 0.25) is 0 Å². The van der Waals surface area contributed by atoms with Gasteiger partial charge in [0.15, 0.2) is 0 Å². The zero-order chi connectivity index (χ0) is 14.2. The van der Waals surface area contributed by atoms with Crippen LogP contribution in [-0.2, 0) is 6.42 Å². The van der Waals surface area contributed by atoms with Gasteiger partial charge in [0.1, 0.15) is 0 Å².